The van der Waals surface area contributed by atoms with Gasteiger partial charge in [0.15, 0.2) is 11.9 Å². The molecule has 0 radical (unpaired) electrons. The van der Waals surface area contributed by atoms with Crippen molar-refractivity contribution in [2.24, 2.45) is 5.92 Å². The van der Waals surface area contributed by atoms with Crippen LogP contribution in [0.4, 0.5) is 0 Å². The fourth-order valence-electron chi connectivity index (χ4n) is 4.59. The van der Waals surface area contributed by atoms with Crippen LogP contribution in [0.3, 0.4) is 0 Å². The lowest BCUT2D eigenvalue weighted by Gasteiger charge is -2.28. The first-order chi connectivity index (χ1) is 18.9. The molecule has 0 fully saturated rings. The minimum absolute atomic E-state index is 0.0781. The number of fused-ring (bicyclic) bond motifs is 1. The highest BCUT2D eigenvalue weighted by Crippen LogP contribution is 2.27. The lowest BCUT2D eigenvalue weighted by atomic mass is 9.99. The summed E-state index contributed by atoms with van der Waals surface area (Å²) in [6.45, 7) is 4.00. The zero-order chi connectivity index (χ0) is 27.6. The molecule has 1 aliphatic heterocycles. The molecule has 3 atom stereocenters. The standard InChI is InChI=1S/C31H36N2O5S/c1-21(2)17-26(33-31(36)29-15-14-23-11-6-7-13-28(23)38-29)30(35)32-25(18-22-9-4-3-5-10-22)27(34)20-39-19-24-12-8-16-37-24/h3-13,16,21,25-26,29H,14-15,17-20H2,1-2H3,(H,32,35)(H,33,36)/t25-,26?,29-/m0/s1. The van der Waals surface area contributed by atoms with Crippen LogP contribution < -0.4 is 15.4 Å². The average Bonchev–Trinajstić information content (AvgIpc) is 3.46. The molecule has 2 heterocycles. The molecule has 0 saturated carbocycles. The SMILES string of the molecule is CC(C)CC(NC(=O)[C@@H]1CCc2ccccc2O1)C(=O)N[C@@H](Cc1ccccc1)C(=O)CSCc1ccco1. The van der Waals surface area contributed by atoms with Gasteiger partial charge in [0.2, 0.25) is 5.91 Å². The number of rotatable bonds is 13. The summed E-state index contributed by atoms with van der Waals surface area (Å²) < 4.78 is 11.3. The summed E-state index contributed by atoms with van der Waals surface area (Å²) in [6, 6.07) is 19.5. The Morgan fingerprint density at radius 1 is 0.949 bits per heavy atom. The maximum absolute atomic E-state index is 13.5. The van der Waals surface area contributed by atoms with Gasteiger partial charge < -0.3 is 19.8 Å². The summed E-state index contributed by atoms with van der Waals surface area (Å²) in [5.74, 6) is 1.70. The number of ether oxygens (including phenoxy) is 1. The van der Waals surface area contributed by atoms with E-state index in [1.165, 1.54) is 11.8 Å². The van der Waals surface area contributed by atoms with E-state index in [-0.39, 0.29) is 29.3 Å². The number of nitrogens with one attached hydrogen (secondary N) is 2. The van der Waals surface area contributed by atoms with E-state index in [2.05, 4.69) is 10.6 Å². The van der Waals surface area contributed by atoms with E-state index in [0.29, 0.717) is 30.8 Å². The van der Waals surface area contributed by atoms with Crippen LogP contribution in [0.15, 0.2) is 77.4 Å². The third kappa shape index (κ3) is 8.48. The van der Waals surface area contributed by atoms with Gasteiger partial charge in [-0.25, -0.2) is 0 Å². The Hall–Kier alpha value is -3.52. The van der Waals surface area contributed by atoms with Gasteiger partial charge >= 0.3 is 0 Å². The first kappa shape index (κ1) is 28.5. The molecule has 7 nitrogen and oxygen atoms in total. The lowest BCUT2D eigenvalue weighted by molar-refractivity contribution is -0.134. The Morgan fingerprint density at radius 3 is 2.46 bits per heavy atom. The van der Waals surface area contributed by atoms with Crippen LogP contribution in [0.1, 0.15) is 43.6 Å². The topological polar surface area (TPSA) is 97.6 Å². The molecule has 2 amide bonds. The number of hydrogen-bond acceptors (Lipinski definition) is 6. The molecule has 1 aromatic heterocycles. The molecule has 1 aliphatic rings. The first-order valence-corrected chi connectivity index (χ1v) is 14.6. The molecule has 0 bridgehead atoms. The minimum Gasteiger partial charge on any atom is -0.480 e. The van der Waals surface area contributed by atoms with E-state index in [9.17, 15) is 14.4 Å². The molecular weight excluding hydrogens is 512 g/mol. The Morgan fingerprint density at radius 2 is 1.72 bits per heavy atom. The summed E-state index contributed by atoms with van der Waals surface area (Å²) in [5, 5.41) is 5.87. The Kier molecular flexibility index (Phi) is 10.3. The maximum atomic E-state index is 13.5. The smallest absolute Gasteiger partial charge is 0.261 e. The molecule has 2 N–H and O–H groups in total. The number of benzene rings is 2. The summed E-state index contributed by atoms with van der Waals surface area (Å²) in [7, 11) is 0. The molecule has 4 rings (SSSR count). The highest BCUT2D eigenvalue weighted by molar-refractivity contribution is 7.99. The third-order valence-corrected chi connectivity index (χ3v) is 7.58. The zero-order valence-corrected chi connectivity index (χ0v) is 23.2. The van der Waals surface area contributed by atoms with Gasteiger partial charge in [-0.05, 0) is 60.9 Å². The summed E-state index contributed by atoms with van der Waals surface area (Å²) >= 11 is 1.45. The normalized spacial score (nSPS) is 16.0. The fraction of sp³-hybridized carbons (Fsp3) is 0.387. The molecule has 0 saturated heterocycles. The van der Waals surface area contributed by atoms with Gasteiger partial charge in [0, 0.05) is 0 Å². The predicted molar refractivity (Wildman–Crippen MR) is 153 cm³/mol. The number of amides is 2. The molecule has 39 heavy (non-hydrogen) atoms. The van der Waals surface area contributed by atoms with Gasteiger partial charge in [-0.15, -0.1) is 11.8 Å². The fourth-order valence-corrected chi connectivity index (χ4v) is 5.46. The second kappa shape index (κ2) is 14.0. The zero-order valence-electron chi connectivity index (χ0n) is 22.4. The number of carbonyl (C=O) groups is 3. The number of aryl methyl sites for hydroxylation is 1. The van der Waals surface area contributed by atoms with Gasteiger partial charge in [0.05, 0.1) is 23.8 Å². The number of ketones is 1. The largest absolute Gasteiger partial charge is 0.480 e. The van der Waals surface area contributed by atoms with Crippen molar-refractivity contribution in [3.05, 3.63) is 89.9 Å². The van der Waals surface area contributed by atoms with E-state index in [0.717, 1.165) is 23.3 Å². The number of para-hydroxylation sites is 1. The van der Waals surface area contributed by atoms with Crippen molar-refractivity contribution in [1.82, 2.24) is 10.6 Å². The number of carbonyl (C=O) groups excluding carboxylic acids is 3. The van der Waals surface area contributed by atoms with E-state index in [1.807, 2.05) is 80.6 Å². The quantitative estimate of drug-likeness (QED) is 0.320. The van der Waals surface area contributed by atoms with E-state index >= 15 is 0 Å². The van der Waals surface area contributed by atoms with Crippen molar-refractivity contribution in [3.63, 3.8) is 0 Å². The monoisotopic (exact) mass is 548 g/mol. The van der Waals surface area contributed by atoms with Crippen LogP contribution in [0, 0.1) is 5.92 Å². The van der Waals surface area contributed by atoms with Crippen molar-refractivity contribution in [2.75, 3.05) is 5.75 Å². The molecule has 8 heteroatoms. The Bertz CT molecular complexity index is 1230. The number of hydrogen-bond donors (Lipinski definition) is 2. The molecule has 1 unspecified atom stereocenters. The van der Waals surface area contributed by atoms with Crippen molar-refractivity contribution in [1.29, 1.82) is 0 Å². The predicted octanol–water partition coefficient (Wildman–Crippen LogP) is 4.73. The third-order valence-electron chi connectivity index (χ3n) is 6.61. The molecular formula is C31H36N2O5S. The maximum Gasteiger partial charge on any atom is 0.261 e. The van der Waals surface area contributed by atoms with Crippen LogP contribution in [0.2, 0.25) is 0 Å². The number of Topliss-reactive ketones (excluding diaryl/α,β-unsaturated/α-hetero) is 1. The second-order valence-corrected chi connectivity index (χ2v) is 11.2. The van der Waals surface area contributed by atoms with Crippen LogP contribution in [-0.2, 0) is 33.0 Å². The summed E-state index contributed by atoms with van der Waals surface area (Å²) in [5.41, 5.74) is 2.02. The van der Waals surface area contributed by atoms with Gasteiger partial charge in [0.1, 0.15) is 17.6 Å². The Labute approximate surface area is 234 Å². The summed E-state index contributed by atoms with van der Waals surface area (Å²) in [4.78, 5) is 40.0. The molecule has 0 spiro atoms. The number of furan rings is 1. The van der Waals surface area contributed by atoms with Gasteiger partial charge in [-0.3, -0.25) is 14.4 Å². The van der Waals surface area contributed by atoms with Crippen molar-refractivity contribution in [3.8, 4) is 5.75 Å². The van der Waals surface area contributed by atoms with Crippen LogP contribution in [0.5, 0.6) is 5.75 Å². The van der Waals surface area contributed by atoms with Crippen molar-refractivity contribution < 1.29 is 23.5 Å². The van der Waals surface area contributed by atoms with Crippen molar-refractivity contribution >= 4 is 29.4 Å². The van der Waals surface area contributed by atoms with Crippen molar-refractivity contribution in [2.45, 2.75) is 63.5 Å². The van der Waals surface area contributed by atoms with Crippen LogP contribution >= 0.6 is 11.8 Å². The van der Waals surface area contributed by atoms with Crippen LogP contribution in [-0.4, -0.2) is 41.5 Å². The molecule has 0 aliphatic carbocycles. The Balaban J connectivity index is 1.41. The second-order valence-electron chi connectivity index (χ2n) is 10.2. The molecule has 3 aromatic rings. The molecule has 2 aromatic carbocycles. The van der Waals surface area contributed by atoms with Gasteiger partial charge in [0.25, 0.3) is 5.91 Å². The first-order valence-electron chi connectivity index (χ1n) is 13.4. The van der Waals surface area contributed by atoms with E-state index < -0.39 is 18.2 Å². The van der Waals surface area contributed by atoms with E-state index in [4.69, 9.17) is 9.15 Å². The van der Waals surface area contributed by atoms with Gasteiger partial charge in [-0.1, -0.05) is 62.4 Å². The highest BCUT2D eigenvalue weighted by atomic mass is 32.2. The number of thioether (sulfide) groups is 1. The van der Waals surface area contributed by atoms with Gasteiger partial charge in [-0.2, -0.15) is 0 Å². The lowest BCUT2D eigenvalue weighted by Crippen LogP contribution is -2.55. The van der Waals surface area contributed by atoms with Crippen LogP contribution in [0.25, 0.3) is 0 Å². The molecule has 206 valence electrons. The van der Waals surface area contributed by atoms with E-state index in [1.54, 1.807) is 6.26 Å². The average molecular weight is 549 g/mol. The minimum atomic E-state index is -0.778. The summed E-state index contributed by atoms with van der Waals surface area (Å²) in [6.07, 6.45) is 3.04. The highest BCUT2D eigenvalue weighted by Gasteiger charge is 2.32.